The second-order valence-electron chi connectivity index (χ2n) is 13.3. The summed E-state index contributed by atoms with van der Waals surface area (Å²) in [5.74, 6) is 0.179. The fourth-order valence-corrected chi connectivity index (χ4v) is 7.42. The van der Waals surface area contributed by atoms with Crippen molar-refractivity contribution in [1.29, 1.82) is 0 Å². The zero-order chi connectivity index (χ0) is 29.9. The molecule has 3 saturated heterocycles. The third kappa shape index (κ3) is 5.75. The molecule has 3 aliphatic heterocycles. The first kappa shape index (κ1) is 30.0. The molecule has 2 N–H and O–H groups in total. The SMILES string of the molecule is COC1CC(n2cc3c(C(F)(F)F)cc(CN4CCC(C)(F)CC4)cn3c2=O)CC(C2(CC3NNCN3C)COC2)C1. The molecule has 0 amide bonds. The van der Waals surface area contributed by atoms with Gasteiger partial charge < -0.3 is 9.47 Å². The molecule has 0 bridgehead atoms. The number of nitrogens with one attached hydrogen (secondary N) is 2. The van der Waals surface area contributed by atoms with Gasteiger partial charge in [0.15, 0.2) is 0 Å². The number of fused-ring (bicyclic) bond motifs is 1. The first-order valence-corrected chi connectivity index (χ1v) is 14.9. The second kappa shape index (κ2) is 11.2. The Morgan fingerprint density at radius 2 is 1.88 bits per heavy atom. The largest absolute Gasteiger partial charge is 0.418 e. The van der Waals surface area contributed by atoms with Gasteiger partial charge in [0.05, 0.1) is 43.2 Å². The smallest absolute Gasteiger partial charge is 0.381 e. The number of ether oxygens (including phenoxy) is 2. The van der Waals surface area contributed by atoms with Crippen molar-refractivity contribution in [3.63, 3.8) is 0 Å². The predicted octanol–water partition coefficient (Wildman–Crippen LogP) is 3.53. The summed E-state index contributed by atoms with van der Waals surface area (Å²) in [4.78, 5) is 18.0. The highest BCUT2D eigenvalue weighted by Crippen LogP contribution is 2.50. The van der Waals surface area contributed by atoms with Gasteiger partial charge in [-0.25, -0.2) is 20.0 Å². The van der Waals surface area contributed by atoms with Crippen molar-refractivity contribution in [3.05, 3.63) is 40.1 Å². The van der Waals surface area contributed by atoms with Crippen LogP contribution in [-0.2, 0) is 22.2 Å². The fourth-order valence-electron chi connectivity index (χ4n) is 7.42. The maximum absolute atomic E-state index is 14.3. The average Bonchev–Trinajstić information content (AvgIpc) is 3.48. The summed E-state index contributed by atoms with van der Waals surface area (Å²) in [6, 6.07) is 0.837. The summed E-state index contributed by atoms with van der Waals surface area (Å²) in [6.07, 6.45) is 1.83. The maximum atomic E-state index is 14.3. The van der Waals surface area contributed by atoms with Gasteiger partial charge in [0.2, 0.25) is 0 Å². The Bertz CT molecular complexity index is 1330. The molecular weight excluding hydrogens is 556 g/mol. The summed E-state index contributed by atoms with van der Waals surface area (Å²) < 4.78 is 71.5. The highest BCUT2D eigenvalue weighted by molar-refractivity contribution is 5.56. The van der Waals surface area contributed by atoms with Crippen LogP contribution in [0, 0.1) is 11.3 Å². The van der Waals surface area contributed by atoms with Crippen LogP contribution in [0.2, 0.25) is 0 Å². The monoisotopic (exact) mass is 598 g/mol. The number of imidazole rings is 1. The Kier molecular flexibility index (Phi) is 7.97. The van der Waals surface area contributed by atoms with Crippen LogP contribution in [0.25, 0.3) is 5.52 Å². The molecule has 9 nitrogen and oxygen atoms in total. The van der Waals surface area contributed by atoms with E-state index in [2.05, 4.69) is 22.8 Å². The Labute approximate surface area is 243 Å². The number of aromatic nitrogens is 2. The van der Waals surface area contributed by atoms with Crippen LogP contribution in [-0.4, -0.2) is 83.8 Å². The molecule has 1 saturated carbocycles. The number of hydrogen-bond donors (Lipinski definition) is 2. The van der Waals surface area contributed by atoms with Gasteiger partial charge in [-0.3, -0.25) is 18.8 Å². The van der Waals surface area contributed by atoms with E-state index in [0.29, 0.717) is 57.6 Å². The molecule has 1 aliphatic carbocycles. The minimum Gasteiger partial charge on any atom is -0.381 e. The topological polar surface area (TPSA) is 75.4 Å². The van der Waals surface area contributed by atoms with Gasteiger partial charge >= 0.3 is 11.9 Å². The van der Waals surface area contributed by atoms with Crippen LogP contribution in [0.4, 0.5) is 17.6 Å². The number of piperidine rings is 1. The molecule has 0 radical (unpaired) electrons. The molecule has 6 rings (SSSR count). The number of hydrazine groups is 1. The molecule has 2 aromatic heterocycles. The number of hydrogen-bond acceptors (Lipinski definition) is 7. The van der Waals surface area contributed by atoms with Crippen LogP contribution < -0.4 is 16.5 Å². The molecule has 4 fully saturated rings. The summed E-state index contributed by atoms with van der Waals surface area (Å²) in [6.45, 7) is 4.66. The van der Waals surface area contributed by atoms with Crippen LogP contribution in [0.3, 0.4) is 0 Å². The van der Waals surface area contributed by atoms with E-state index in [-0.39, 0.29) is 41.7 Å². The molecule has 4 aliphatic rings. The molecule has 0 spiro atoms. The number of rotatable bonds is 7. The molecule has 4 atom stereocenters. The quantitative estimate of drug-likeness (QED) is 0.473. The van der Waals surface area contributed by atoms with Crippen molar-refractivity contribution in [3.8, 4) is 0 Å². The number of pyridine rings is 1. The lowest BCUT2D eigenvalue weighted by molar-refractivity contribution is -0.175. The van der Waals surface area contributed by atoms with Gasteiger partial charge in [-0.2, -0.15) is 13.2 Å². The second-order valence-corrected chi connectivity index (χ2v) is 13.3. The predicted molar refractivity (Wildman–Crippen MR) is 148 cm³/mol. The number of nitrogens with zero attached hydrogens (tertiary/aromatic N) is 4. The molecule has 234 valence electrons. The molecule has 4 unspecified atom stereocenters. The Morgan fingerprint density at radius 1 is 1.14 bits per heavy atom. The van der Waals surface area contributed by atoms with Gasteiger partial charge in [0, 0.05) is 50.6 Å². The molecule has 0 aromatic carbocycles. The van der Waals surface area contributed by atoms with Crippen LogP contribution in [0.1, 0.15) is 62.6 Å². The molecule has 13 heteroatoms. The van der Waals surface area contributed by atoms with Crippen LogP contribution in [0.15, 0.2) is 23.3 Å². The number of halogens is 4. The zero-order valence-electron chi connectivity index (χ0n) is 24.6. The van der Waals surface area contributed by atoms with E-state index in [0.717, 1.165) is 30.0 Å². The summed E-state index contributed by atoms with van der Waals surface area (Å²) in [7, 11) is 3.71. The highest BCUT2D eigenvalue weighted by Gasteiger charge is 2.51. The Balaban J connectivity index is 1.31. The molecular formula is C29H42F4N6O3. The first-order valence-electron chi connectivity index (χ1n) is 14.9. The molecule has 42 heavy (non-hydrogen) atoms. The Morgan fingerprint density at radius 3 is 2.48 bits per heavy atom. The van der Waals surface area contributed by atoms with Crippen molar-refractivity contribution in [2.75, 3.05) is 47.1 Å². The number of likely N-dealkylation sites (tertiary alicyclic amines) is 1. The lowest BCUT2D eigenvalue weighted by Crippen LogP contribution is -2.55. The fraction of sp³-hybridized carbons (Fsp3) is 0.759. The van der Waals surface area contributed by atoms with E-state index in [9.17, 15) is 22.4 Å². The summed E-state index contributed by atoms with van der Waals surface area (Å²) in [5, 5.41) is 0. The third-order valence-electron chi connectivity index (χ3n) is 10.2. The Hall–Kier alpha value is -2.03. The average molecular weight is 599 g/mol. The third-order valence-corrected chi connectivity index (χ3v) is 10.2. The van der Waals surface area contributed by atoms with E-state index in [1.807, 2.05) is 4.90 Å². The first-order chi connectivity index (χ1) is 19.9. The molecule has 2 aromatic rings. The number of methoxy groups -OCH3 is 1. The van der Waals surface area contributed by atoms with E-state index >= 15 is 0 Å². The van der Waals surface area contributed by atoms with Gasteiger partial charge in [0.1, 0.15) is 5.67 Å². The highest BCUT2D eigenvalue weighted by atomic mass is 19.4. The van der Waals surface area contributed by atoms with Crippen molar-refractivity contribution in [2.45, 2.75) is 82.2 Å². The van der Waals surface area contributed by atoms with Crippen molar-refractivity contribution in [2.24, 2.45) is 11.3 Å². The van der Waals surface area contributed by atoms with Gasteiger partial charge in [-0.1, -0.05) is 0 Å². The maximum Gasteiger partial charge on any atom is 0.418 e. The molecule has 5 heterocycles. The minimum absolute atomic E-state index is 0.107. The van der Waals surface area contributed by atoms with Gasteiger partial charge in [-0.05, 0) is 70.0 Å². The van der Waals surface area contributed by atoms with E-state index in [1.54, 1.807) is 14.0 Å². The van der Waals surface area contributed by atoms with E-state index < -0.39 is 23.1 Å². The lowest BCUT2D eigenvalue weighted by Gasteiger charge is -2.52. The van der Waals surface area contributed by atoms with Crippen molar-refractivity contribution >= 4 is 5.52 Å². The lowest BCUT2D eigenvalue weighted by atomic mass is 9.63. The number of alkyl halides is 4. The van der Waals surface area contributed by atoms with E-state index in [4.69, 9.17) is 9.47 Å². The summed E-state index contributed by atoms with van der Waals surface area (Å²) in [5.41, 5.74) is 4.07. The standard InChI is InChI=1S/C29H42F4N6O3/c1-27(30)4-6-37(7-5-27)13-19-8-23(29(31,32)33)24-15-38(26(40)39(24)14-19)21-9-20(10-22(11-21)41-3)28(16-42-17-28)12-25-35-34-18-36(25)2/h8,14-15,20-22,25,34-35H,4-7,9-13,16-18H2,1-3H3. The van der Waals surface area contributed by atoms with Crippen molar-refractivity contribution in [1.82, 2.24) is 29.6 Å². The minimum atomic E-state index is -4.63. The van der Waals surface area contributed by atoms with Crippen LogP contribution >= 0.6 is 0 Å². The normalized spacial score (nSPS) is 30.5. The van der Waals surface area contributed by atoms with Crippen molar-refractivity contribution < 1.29 is 27.0 Å². The summed E-state index contributed by atoms with van der Waals surface area (Å²) >= 11 is 0. The van der Waals surface area contributed by atoms with Gasteiger partial charge in [0.25, 0.3) is 0 Å². The van der Waals surface area contributed by atoms with Gasteiger partial charge in [-0.15, -0.1) is 0 Å². The van der Waals surface area contributed by atoms with E-state index in [1.165, 1.54) is 17.0 Å². The zero-order valence-corrected chi connectivity index (χ0v) is 24.6. The van der Waals surface area contributed by atoms with Crippen LogP contribution in [0.5, 0.6) is 0 Å².